The van der Waals surface area contributed by atoms with Crippen molar-refractivity contribution >= 4 is 12.1 Å². The van der Waals surface area contributed by atoms with Gasteiger partial charge in [-0.1, -0.05) is 0 Å². The molecule has 0 heterocycles. The first-order chi connectivity index (χ1) is 6.11. The van der Waals surface area contributed by atoms with Gasteiger partial charge in [0.25, 0.3) is 0 Å². The Bertz CT molecular complexity index is 241. The third-order valence-corrected chi connectivity index (χ3v) is 1.66. The molecule has 0 bridgehead atoms. The van der Waals surface area contributed by atoms with Crippen LogP contribution in [0.25, 0.3) is 0 Å². The molecule has 13 heavy (non-hydrogen) atoms. The molecule has 0 saturated carbocycles. The molecular weight excluding hydrogens is 166 g/mol. The summed E-state index contributed by atoms with van der Waals surface area (Å²) in [6.07, 6.45) is 5.30. The van der Waals surface area contributed by atoms with Crippen LogP contribution in [0.4, 0.5) is 0 Å². The summed E-state index contributed by atoms with van der Waals surface area (Å²) in [5.74, 6) is -0.104. The molecule has 0 atom stereocenters. The number of hydrogen-bond donors (Lipinski definition) is 0. The zero-order valence-corrected chi connectivity index (χ0v) is 8.28. The number of carbonyl (C=O) groups excluding carboxylic acids is 2. The molecular formula is C10H15NO2. The van der Waals surface area contributed by atoms with Gasteiger partial charge in [-0.25, -0.2) is 0 Å². The number of aldehydes is 1. The van der Waals surface area contributed by atoms with Crippen molar-refractivity contribution in [3.8, 4) is 0 Å². The van der Waals surface area contributed by atoms with Gasteiger partial charge in [0, 0.05) is 19.2 Å². The first-order valence-electron chi connectivity index (χ1n) is 4.16. The molecule has 0 aliphatic rings. The summed E-state index contributed by atoms with van der Waals surface area (Å²) in [5, 5.41) is 0. The number of nitrogens with zero attached hydrogens (tertiary/aromatic N) is 1. The number of hydrogen-bond acceptors (Lipinski definition) is 3. The molecule has 0 fully saturated rings. The molecule has 0 rings (SSSR count). The zero-order valence-electron chi connectivity index (χ0n) is 8.28. The van der Waals surface area contributed by atoms with Gasteiger partial charge in [-0.05, 0) is 32.2 Å². The average molecular weight is 181 g/mol. The fourth-order valence-corrected chi connectivity index (χ4v) is 0.677. The third kappa shape index (κ3) is 4.95. The summed E-state index contributed by atoms with van der Waals surface area (Å²) in [5.41, 5.74) is 0.426. The molecule has 0 aromatic carbocycles. The highest BCUT2D eigenvalue weighted by Gasteiger charge is 1.97. The van der Waals surface area contributed by atoms with Crippen LogP contribution in [-0.2, 0) is 9.59 Å². The van der Waals surface area contributed by atoms with Crippen molar-refractivity contribution < 1.29 is 9.59 Å². The SMILES string of the molecule is CCN(C)/C=C\C(=C/C=O)C(C)=O. The molecule has 0 N–H and O–H groups in total. The maximum Gasteiger partial charge on any atom is 0.159 e. The van der Waals surface area contributed by atoms with Crippen LogP contribution < -0.4 is 0 Å². The first-order valence-corrected chi connectivity index (χ1v) is 4.16. The summed E-state index contributed by atoms with van der Waals surface area (Å²) in [7, 11) is 1.90. The Hall–Kier alpha value is -1.38. The second-order valence-corrected chi connectivity index (χ2v) is 2.70. The van der Waals surface area contributed by atoms with Crippen LogP contribution in [0.2, 0.25) is 0 Å². The second-order valence-electron chi connectivity index (χ2n) is 2.70. The van der Waals surface area contributed by atoms with Crippen LogP contribution in [0, 0.1) is 0 Å². The average Bonchev–Trinajstić information content (AvgIpc) is 2.11. The molecule has 0 aliphatic carbocycles. The van der Waals surface area contributed by atoms with E-state index in [1.807, 2.05) is 18.9 Å². The standard InChI is InChI=1S/C10H15NO2/c1-4-11(3)7-5-10(6-8-12)9(2)13/h5-8H,4H2,1-3H3/b7-5-,10-6+. The largest absolute Gasteiger partial charge is 0.381 e. The Morgan fingerprint density at radius 3 is 2.46 bits per heavy atom. The lowest BCUT2D eigenvalue weighted by molar-refractivity contribution is -0.113. The van der Waals surface area contributed by atoms with Gasteiger partial charge in [-0.3, -0.25) is 9.59 Å². The Kier molecular flexibility index (Phi) is 5.52. The van der Waals surface area contributed by atoms with Crippen molar-refractivity contribution in [1.29, 1.82) is 0 Å². The lowest BCUT2D eigenvalue weighted by atomic mass is 10.2. The molecule has 0 radical (unpaired) electrons. The maximum absolute atomic E-state index is 10.9. The van der Waals surface area contributed by atoms with Crippen LogP contribution in [0.5, 0.6) is 0 Å². The van der Waals surface area contributed by atoms with Crippen LogP contribution >= 0.6 is 0 Å². The predicted molar refractivity (Wildman–Crippen MR) is 52.3 cm³/mol. The van der Waals surface area contributed by atoms with Gasteiger partial charge in [0.05, 0.1) is 0 Å². The minimum atomic E-state index is -0.104. The number of rotatable bonds is 5. The van der Waals surface area contributed by atoms with Crippen molar-refractivity contribution in [3.05, 3.63) is 23.9 Å². The molecule has 0 spiro atoms. The van der Waals surface area contributed by atoms with Crippen LogP contribution in [0.1, 0.15) is 13.8 Å². The van der Waals surface area contributed by atoms with Gasteiger partial charge in [0.1, 0.15) is 6.29 Å². The van der Waals surface area contributed by atoms with E-state index >= 15 is 0 Å². The van der Waals surface area contributed by atoms with Gasteiger partial charge in [-0.2, -0.15) is 0 Å². The summed E-state index contributed by atoms with van der Waals surface area (Å²) in [4.78, 5) is 23.0. The highest BCUT2D eigenvalue weighted by atomic mass is 16.1. The minimum Gasteiger partial charge on any atom is -0.381 e. The summed E-state index contributed by atoms with van der Waals surface area (Å²) >= 11 is 0. The van der Waals surface area contributed by atoms with E-state index in [1.54, 1.807) is 12.3 Å². The lowest BCUT2D eigenvalue weighted by Crippen LogP contribution is -2.09. The maximum atomic E-state index is 10.9. The number of allylic oxidation sites excluding steroid dienone is 3. The van der Waals surface area contributed by atoms with E-state index in [1.165, 1.54) is 13.0 Å². The van der Waals surface area contributed by atoms with E-state index in [2.05, 4.69) is 0 Å². The third-order valence-electron chi connectivity index (χ3n) is 1.66. The van der Waals surface area contributed by atoms with Gasteiger partial charge < -0.3 is 4.90 Å². The molecule has 0 aromatic heterocycles. The van der Waals surface area contributed by atoms with E-state index in [0.717, 1.165) is 6.54 Å². The fraction of sp³-hybridized carbons (Fsp3) is 0.400. The Labute approximate surface area is 78.7 Å². The van der Waals surface area contributed by atoms with Crippen molar-refractivity contribution in [2.24, 2.45) is 0 Å². The van der Waals surface area contributed by atoms with Gasteiger partial charge in [0.15, 0.2) is 5.78 Å². The minimum absolute atomic E-state index is 0.104. The van der Waals surface area contributed by atoms with Gasteiger partial charge in [-0.15, -0.1) is 0 Å². The molecule has 72 valence electrons. The number of carbonyl (C=O) groups is 2. The normalized spacial score (nSPS) is 11.8. The van der Waals surface area contributed by atoms with Gasteiger partial charge >= 0.3 is 0 Å². The number of Topliss-reactive ketones (excluding diaryl/α,β-unsaturated/α-hetero) is 1. The summed E-state index contributed by atoms with van der Waals surface area (Å²) in [6.45, 7) is 4.30. The smallest absolute Gasteiger partial charge is 0.159 e. The van der Waals surface area contributed by atoms with Crippen molar-refractivity contribution in [3.63, 3.8) is 0 Å². The molecule has 0 amide bonds. The zero-order chi connectivity index (χ0) is 10.3. The van der Waals surface area contributed by atoms with E-state index in [0.29, 0.717) is 11.9 Å². The molecule has 0 unspecified atom stereocenters. The fourth-order valence-electron chi connectivity index (χ4n) is 0.677. The van der Waals surface area contributed by atoms with E-state index < -0.39 is 0 Å². The van der Waals surface area contributed by atoms with Gasteiger partial charge in [0.2, 0.25) is 0 Å². The van der Waals surface area contributed by atoms with E-state index in [4.69, 9.17) is 0 Å². The lowest BCUT2D eigenvalue weighted by Gasteiger charge is -2.08. The van der Waals surface area contributed by atoms with E-state index in [-0.39, 0.29) is 5.78 Å². The Morgan fingerprint density at radius 2 is 2.08 bits per heavy atom. The highest BCUT2D eigenvalue weighted by Crippen LogP contribution is 1.98. The summed E-state index contributed by atoms with van der Waals surface area (Å²) in [6, 6.07) is 0. The van der Waals surface area contributed by atoms with Crippen molar-refractivity contribution in [2.75, 3.05) is 13.6 Å². The highest BCUT2D eigenvalue weighted by molar-refractivity contribution is 5.99. The monoisotopic (exact) mass is 181 g/mol. The molecule has 0 aromatic rings. The predicted octanol–water partition coefficient (Wildman–Crippen LogP) is 1.17. The quantitative estimate of drug-likeness (QED) is 0.363. The Balaban J connectivity index is 4.43. The molecule has 3 nitrogen and oxygen atoms in total. The topological polar surface area (TPSA) is 37.4 Å². The second kappa shape index (κ2) is 6.17. The van der Waals surface area contributed by atoms with Crippen LogP contribution in [0.3, 0.4) is 0 Å². The molecule has 0 saturated heterocycles. The molecule has 0 aliphatic heterocycles. The summed E-state index contributed by atoms with van der Waals surface area (Å²) < 4.78 is 0. The molecule has 3 heteroatoms. The van der Waals surface area contributed by atoms with Crippen molar-refractivity contribution in [1.82, 2.24) is 4.90 Å². The first kappa shape index (κ1) is 11.6. The van der Waals surface area contributed by atoms with Crippen LogP contribution in [-0.4, -0.2) is 30.6 Å². The Morgan fingerprint density at radius 1 is 1.46 bits per heavy atom. The van der Waals surface area contributed by atoms with Crippen molar-refractivity contribution in [2.45, 2.75) is 13.8 Å². The van der Waals surface area contributed by atoms with Crippen LogP contribution in [0.15, 0.2) is 23.9 Å². The number of ketones is 1. The van der Waals surface area contributed by atoms with E-state index in [9.17, 15) is 9.59 Å².